The monoisotopic (exact) mass is 196 g/mol. The molecule has 0 unspecified atom stereocenters. The van der Waals surface area contributed by atoms with E-state index in [2.05, 4.69) is 0 Å². The Kier molecular flexibility index (Phi) is 2.71. The molecule has 2 aliphatic rings. The van der Waals surface area contributed by atoms with E-state index in [9.17, 15) is 9.18 Å². The minimum Gasteiger partial charge on any atom is -0.296 e. The van der Waals surface area contributed by atoms with Crippen LogP contribution < -0.4 is 0 Å². The van der Waals surface area contributed by atoms with E-state index in [0.29, 0.717) is 12.8 Å². The summed E-state index contributed by atoms with van der Waals surface area (Å²) >= 11 is 0. The van der Waals surface area contributed by atoms with Crippen molar-refractivity contribution < 1.29 is 9.18 Å². The van der Waals surface area contributed by atoms with Crippen molar-refractivity contribution in [3.63, 3.8) is 0 Å². The first-order valence-corrected chi connectivity index (χ1v) is 5.65. The SMILES string of the molecule is O=C1CCCC[C@@]1(F)C1=CCCCC1. The third-order valence-corrected chi connectivity index (χ3v) is 3.42. The van der Waals surface area contributed by atoms with Gasteiger partial charge in [0.2, 0.25) is 0 Å². The van der Waals surface area contributed by atoms with E-state index >= 15 is 0 Å². The molecular weight excluding hydrogens is 179 g/mol. The zero-order valence-corrected chi connectivity index (χ0v) is 8.52. The van der Waals surface area contributed by atoms with Crippen molar-refractivity contribution in [1.29, 1.82) is 0 Å². The van der Waals surface area contributed by atoms with E-state index in [1.165, 1.54) is 0 Å². The van der Waals surface area contributed by atoms with Gasteiger partial charge in [-0.05, 0) is 50.5 Å². The maximum atomic E-state index is 14.4. The van der Waals surface area contributed by atoms with Crippen molar-refractivity contribution in [2.75, 3.05) is 0 Å². The number of alkyl halides is 1. The van der Waals surface area contributed by atoms with Crippen molar-refractivity contribution in [2.24, 2.45) is 0 Å². The molecule has 78 valence electrons. The molecule has 0 amide bonds. The van der Waals surface area contributed by atoms with Gasteiger partial charge in [0.25, 0.3) is 0 Å². The van der Waals surface area contributed by atoms with Crippen LogP contribution in [0.4, 0.5) is 4.39 Å². The summed E-state index contributed by atoms with van der Waals surface area (Å²) in [4.78, 5) is 11.6. The summed E-state index contributed by atoms with van der Waals surface area (Å²) in [5.41, 5.74) is -0.785. The standard InChI is InChI=1S/C12H17FO/c13-12(9-5-4-8-11(12)14)10-6-2-1-3-7-10/h6H,1-5,7-9H2/t12-/m1/s1. The predicted octanol–water partition coefficient (Wildman–Crippen LogP) is 3.34. The molecule has 1 nitrogen and oxygen atoms in total. The van der Waals surface area contributed by atoms with E-state index in [-0.39, 0.29) is 5.78 Å². The van der Waals surface area contributed by atoms with E-state index in [0.717, 1.165) is 44.1 Å². The fraction of sp³-hybridized carbons (Fsp3) is 0.750. The lowest BCUT2D eigenvalue weighted by Crippen LogP contribution is -2.39. The van der Waals surface area contributed by atoms with Crippen LogP contribution in [0.5, 0.6) is 0 Å². The number of rotatable bonds is 1. The van der Waals surface area contributed by atoms with Crippen LogP contribution in [-0.4, -0.2) is 11.5 Å². The first kappa shape index (κ1) is 9.88. The average molecular weight is 196 g/mol. The van der Waals surface area contributed by atoms with E-state index in [4.69, 9.17) is 0 Å². The number of Topliss-reactive ketones (excluding diaryl/α,β-unsaturated/α-hetero) is 1. The van der Waals surface area contributed by atoms with Crippen molar-refractivity contribution in [1.82, 2.24) is 0 Å². The summed E-state index contributed by atoms with van der Waals surface area (Å²) in [7, 11) is 0. The number of halogens is 1. The van der Waals surface area contributed by atoms with Gasteiger partial charge in [0.05, 0.1) is 0 Å². The molecule has 2 heteroatoms. The number of carbonyl (C=O) groups excluding carboxylic acids is 1. The maximum absolute atomic E-state index is 14.4. The lowest BCUT2D eigenvalue weighted by atomic mass is 9.76. The molecule has 0 aromatic heterocycles. The summed E-state index contributed by atoms with van der Waals surface area (Å²) in [5.74, 6) is -0.170. The van der Waals surface area contributed by atoms with Gasteiger partial charge in [-0.1, -0.05) is 6.08 Å². The summed E-state index contributed by atoms with van der Waals surface area (Å²) < 4.78 is 14.4. The van der Waals surface area contributed by atoms with Gasteiger partial charge in [0, 0.05) is 6.42 Å². The van der Waals surface area contributed by atoms with E-state index in [1.807, 2.05) is 6.08 Å². The first-order valence-electron chi connectivity index (χ1n) is 5.65. The zero-order chi connectivity index (χ0) is 10.0. The highest BCUT2D eigenvalue weighted by Crippen LogP contribution is 2.39. The third-order valence-electron chi connectivity index (χ3n) is 3.42. The van der Waals surface area contributed by atoms with Gasteiger partial charge in [-0.3, -0.25) is 4.79 Å². The molecule has 1 saturated carbocycles. The van der Waals surface area contributed by atoms with Crippen molar-refractivity contribution in [2.45, 2.75) is 57.0 Å². The molecule has 1 fully saturated rings. The second-order valence-electron chi connectivity index (χ2n) is 4.41. The van der Waals surface area contributed by atoms with Gasteiger partial charge in [-0.25, -0.2) is 4.39 Å². The molecular formula is C12H17FO. The molecule has 0 aromatic rings. The van der Waals surface area contributed by atoms with Crippen LogP contribution in [0.3, 0.4) is 0 Å². The Labute approximate surface area is 84.4 Å². The Morgan fingerprint density at radius 3 is 2.57 bits per heavy atom. The first-order chi connectivity index (χ1) is 6.73. The predicted molar refractivity (Wildman–Crippen MR) is 53.9 cm³/mol. The topological polar surface area (TPSA) is 17.1 Å². The Morgan fingerprint density at radius 1 is 1.14 bits per heavy atom. The van der Waals surface area contributed by atoms with Crippen LogP contribution in [0.25, 0.3) is 0 Å². The molecule has 0 saturated heterocycles. The van der Waals surface area contributed by atoms with E-state index in [1.54, 1.807) is 0 Å². The third kappa shape index (κ3) is 1.62. The summed E-state index contributed by atoms with van der Waals surface area (Å²) in [5, 5.41) is 0. The van der Waals surface area contributed by atoms with Crippen molar-refractivity contribution in [3.8, 4) is 0 Å². The molecule has 0 radical (unpaired) electrons. The summed E-state index contributed by atoms with van der Waals surface area (Å²) in [6.45, 7) is 0. The quantitative estimate of drug-likeness (QED) is 0.588. The van der Waals surface area contributed by atoms with Gasteiger partial charge < -0.3 is 0 Å². The van der Waals surface area contributed by atoms with Gasteiger partial charge in [0.1, 0.15) is 0 Å². The molecule has 1 atom stereocenters. The fourth-order valence-corrected chi connectivity index (χ4v) is 2.53. The molecule has 2 rings (SSSR count). The smallest absolute Gasteiger partial charge is 0.189 e. The lowest BCUT2D eigenvalue weighted by Gasteiger charge is -2.32. The highest BCUT2D eigenvalue weighted by Gasteiger charge is 2.43. The molecule has 0 spiro atoms. The molecule has 0 heterocycles. The zero-order valence-electron chi connectivity index (χ0n) is 8.52. The summed E-state index contributed by atoms with van der Waals surface area (Å²) in [6, 6.07) is 0. The minimum atomic E-state index is -1.57. The average Bonchev–Trinajstić information content (AvgIpc) is 2.24. The van der Waals surface area contributed by atoms with Gasteiger partial charge >= 0.3 is 0 Å². The van der Waals surface area contributed by atoms with Crippen LogP contribution in [-0.2, 0) is 4.79 Å². The highest BCUT2D eigenvalue weighted by atomic mass is 19.1. The molecule has 0 aromatic carbocycles. The summed E-state index contributed by atoms with van der Waals surface area (Å²) in [6.07, 6.45) is 8.50. The Bertz CT molecular complexity index is 269. The van der Waals surface area contributed by atoms with Crippen LogP contribution >= 0.6 is 0 Å². The molecule has 2 aliphatic carbocycles. The number of allylic oxidation sites excluding steroid dienone is 2. The Morgan fingerprint density at radius 2 is 1.93 bits per heavy atom. The molecule has 0 aliphatic heterocycles. The van der Waals surface area contributed by atoms with Crippen LogP contribution in [0.15, 0.2) is 11.6 Å². The number of hydrogen-bond donors (Lipinski definition) is 0. The van der Waals surface area contributed by atoms with Crippen LogP contribution in [0.2, 0.25) is 0 Å². The van der Waals surface area contributed by atoms with Crippen LogP contribution in [0.1, 0.15) is 51.4 Å². The Hall–Kier alpha value is -0.660. The lowest BCUT2D eigenvalue weighted by molar-refractivity contribution is -0.130. The highest BCUT2D eigenvalue weighted by molar-refractivity contribution is 5.91. The van der Waals surface area contributed by atoms with Crippen LogP contribution in [0, 0.1) is 0 Å². The molecule has 0 N–H and O–H groups in total. The van der Waals surface area contributed by atoms with Gasteiger partial charge in [-0.15, -0.1) is 0 Å². The number of hydrogen-bond acceptors (Lipinski definition) is 1. The molecule has 0 bridgehead atoms. The minimum absolute atomic E-state index is 0.170. The van der Waals surface area contributed by atoms with E-state index < -0.39 is 5.67 Å². The Balaban J connectivity index is 2.20. The largest absolute Gasteiger partial charge is 0.296 e. The second kappa shape index (κ2) is 3.84. The maximum Gasteiger partial charge on any atom is 0.189 e. The molecule has 14 heavy (non-hydrogen) atoms. The second-order valence-corrected chi connectivity index (χ2v) is 4.41. The van der Waals surface area contributed by atoms with Crippen molar-refractivity contribution in [3.05, 3.63) is 11.6 Å². The number of carbonyl (C=O) groups is 1. The fourth-order valence-electron chi connectivity index (χ4n) is 2.53. The van der Waals surface area contributed by atoms with Gasteiger partial charge in [-0.2, -0.15) is 0 Å². The van der Waals surface area contributed by atoms with Gasteiger partial charge in [0.15, 0.2) is 11.5 Å². The number of ketones is 1. The van der Waals surface area contributed by atoms with Crippen molar-refractivity contribution >= 4 is 5.78 Å². The normalized spacial score (nSPS) is 34.1.